The average molecular weight is 510 g/mol. The third-order valence-corrected chi connectivity index (χ3v) is 4.44. The standard InChI is InChI=1S/C22H30N4O2.HI/c1-2-27-15-6-12-23-22(25-14-11-20-8-5-16-28-20)24-13-10-19-17-18-7-3-4-9-21(18)26-19;/h3-5,7-9,16-17,26H,2,6,10-15H2,1H3,(H2,23,24,25);1H. The SMILES string of the molecule is CCOCCCN=C(NCCc1cc2ccccc2[nH]1)NCCc1ccco1.I. The van der Waals surface area contributed by atoms with Gasteiger partial charge in [-0.15, -0.1) is 24.0 Å². The lowest BCUT2D eigenvalue weighted by Crippen LogP contribution is -2.39. The number of aromatic nitrogens is 1. The number of rotatable bonds is 11. The molecule has 0 unspecified atom stereocenters. The van der Waals surface area contributed by atoms with Crippen molar-refractivity contribution in [2.45, 2.75) is 26.2 Å². The third-order valence-electron chi connectivity index (χ3n) is 4.44. The van der Waals surface area contributed by atoms with Crippen LogP contribution in [0.2, 0.25) is 0 Å². The van der Waals surface area contributed by atoms with E-state index in [2.05, 4.69) is 50.9 Å². The van der Waals surface area contributed by atoms with E-state index < -0.39 is 0 Å². The number of guanidine groups is 1. The molecule has 0 radical (unpaired) electrons. The second-order valence-electron chi connectivity index (χ2n) is 6.60. The molecule has 2 heterocycles. The Bertz CT molecular complexity index is 813. The minimum absolute atomic E-state index is 0. The number of H-pyrrole nitrogens is 1. The molecule has 0 atom stereocenters. The van der Waals surface area contributed by atoms with Gasteiger partial charge in [0.05, 0.1) is 6.26 Å². The molecule has 6 nitrogen and oxygen atoms in total. The molecule has 0 amide bonds. The van der Waals surface area contributed by atoms with Gasteiger partial charge in [0, 0.05) is 56.9 Å². The van der Waals surface area contributed by atoms with Crippen molar-refractivity contribution >= 4 is 40.8 Å². The highest BCUT2D eigenvalue weighted by Crippen LogP contribution is 2.14. The molecule has 0 fully saturated rings. The fraction of sp³-hybridized carbons (Fsp3) is 0.409. The second kappa shape index (κ2) is 13.3. The van der Waals surface area contributed by atoms with Gasteiger partial charge in [-0.2, -0.15) is 0 Å². The fourth-order valence-electron chi connectivity index (χ4n) is 3.02. The summed E-state index contributed by atoms with van der Waals surface area (Å²) in [5.74, 6) is 1.81. The van der Waals surface area contributed by atoms with E-state index in [-0.39, 0.29) is 24.0 Å². The number of fused-ring (bicyclic) bond motifs is 1. The van der Waals surface area contributed by atoms with Crippen LogP contribution in [0.4, 0.5) is 0 Å². The highest BCUT2D eigenvalue weighted by Gasteiger charge is 2.03. The van der Waals surface area contributed by atoms with Crippen molar-refractivity contribution in [1.29, 1.82) is 0 Å². The van der Waals surface area contributed by atoms with Gasteiger partial charge < -0.3 is 24.8 Å². The topological polar surface area (TPSA) is 74.6 Å². The number of hydrogen-bond donors (Lipinski definition) is 3. The number of nitrogens with one attached hydrogen (secondary N) is 3. The maximum absolute atomic E-state index is 5.39. The highest BCUT2D eigenvalue weighted by atomic mass is 127. The molecule has 7 heteroatoms. The normalized spacial score (nSPS) is 11.4. The summed E-state index contributed by atoms with van der Waals surface area (Å²) in [7, 11) is 0. The molecule has 0 bridgehead atoms. The Morgan fingerprint density at radius 3 is 2.69 bits per heavy atom. The highest BCUT2D eigenvalue weighted by molar-refractivity contribution is 14.0. The number of nitrogens with zero attached hydrogens (tertiary/aromatic N) is 1. The van der Waals surface area contributed by atoms with Gasteiger partial charge in [-0.1, -0.05) is 18.2 Å². The molecular formula is C22H31IN4O2. The second-order valence-corrected chi connectivity index (χ2v) is 6.60. The summed E-state index contributed by atoms with van der Waals surface area (Å²) in [5.41, 5.74) is 2.40. The molecule has 0 spiro atoms. The molecule has 1 aromatic carbocycles. The minimum Gasteiger partial charge on any atom is -0.469 e. The summed E-state index contributed by atoms with van der Waals surface area (Å²) in [6.45, 7) is 5.83. The molecule has 3 N–H and O–H groups in total. The Hall–Kier alpha value is -2.00. The molecule has 3 rings (SSSR count). The number of hydrogen-bond acceptors (Lipinski definition) is 3. The molecule has 3 aromatic rings. The lowest BCUT2D eigenvalue weighted by Gasteiger charge is -2.12. The molecule has 158 valence electrons. The third kappa shape index (κ3) is 8.10. The number of para-hydroxylation sites is 1. The van der Waals surface area contributed by atoms with Crippen molar-refractivity contribution in [2.75, 3.05) is 32.8 Å². The number of halogens is 1. The van der Waals surface area contributed by atoms with Crippen LogP contribution in [0, 0.1) is 0 Å². The molecule has 0 saturated carbocycles. The molecule has 0 aliphatic heterocycles. The quantitative estimate of drug-likeness (QED) is 0.157. The number of aliphatic imine (C=N–C) groups is 1. The lowest BCUT2D eigenvalue weighted by molar-refractivity contribution is 0.146. The Kier molecular flexibility index (Phi) is 10.6. The lowest BCUT2D eigenvalue weighted by atomic mass is 10.2. The predicted molar refractivity (Wildman–Crippen MR) is 129 cm³/mol. The van der Waals surface area contributed by atoms with E-state index in [4.69, 9.17) is 9.15 Å². The van der Waals surface area contributed by atoms with Gasteiger partial charge >= 0.3 is 0 Å². The summed E-state index contributed by atoms with van der Waals surface area (Å²) >= 11 is 0. The smallest absolute Gasteiger partial charge is 0.191 e. The van der Waals surface area contributed by atoms with E-state index in [1.807, 2.05) is 19.1 Å². The van der Waals surface area contributed by atoms with Crippen molar-refractivity contribution < 1.29 is 9.15 Å². The summed E-state index contributed by atoms with van der Waals surface area (Å²) < 4.78 is 10.8. The van der Waals surface area contributed by atoms with Gasteiger partial charge in [0.2, 0.25) is 0 Å². The van der Waals surface area contributed by atoms with Gasteiger partial charge in [0.15, 0.2) is 5.96 Å². The van der Waals surface area contributed by atoms with E-state index in [1.165, 1.54) is 16.6 Å². The summed E-state index contributed by atoms with van der Waals surface area (Å²) in [6.07, 6.45) is 4.36. The first-order valence-corrected chi connectivity index (χ1v) is 10.0. The van der Waals surface area contributed by atoms with Crippen molar-refractivity contribution in [3.8, 4) is 0 Å². The molecular weight excluding hydrogens is 479 g/mol. The Labute approximate surface area is 189 Å². The first-order chi connectivity index (χ1) is 13.8. The van der Waals surface area contributed by atoms with Crippen LogP contribution in [-0.2, 0) is 17.6 Å². The number of benzene rings is 1. The van der Waals surface area contributed by atoms with Crippen LogP contribution in [0.15, 0.2) is 58.1 Å². The monoisotopic (exact) mass is 510 g/mol. The largest absolute Gasteiger partial charge is 0.469 e. The maximum atomic E-state index is 5.39. The van der Waals surface area contributed by atoms with Gasteiger partial charge in [0.25, 0.3) is 0 Å². The predicted octanol–water partition coefficient (Wildman–Crippen LogP) is 4.13. The Morgan fingerprint density at radius 2 is 1.93 bits per heavy atom. The van der Waals surface area contributed by atoms with Crippen molar-refractivity contribution in [2.24, 2.45) is 4.99 Å². The van der Waals surface area contributed by atoms with Crippen LogP contribution < -0.4 is 10.6 Å². The molecule has 2 aromatic heterocycles. The first kappa shape index (κ1) is 23.3. The zero-order valence-corrected chi connectivity index (χ0v) is 19.3. The van der Waals surface area contributed by atoms with Gasteiger partial charge in [-0.3, -0.25) is 4.99 Å². The van der Waals surface area contributed by atoms with Crippen molar-refractivity contribution in [1.82, 2.24) is 15.6 Å². The average Bonchev–Trinajstić information content (AvgIpc) is 3.36. The fourth-order valence-corrected chi connectivity index (χ4v) is 3.02. The summed E-state index contributed by atoms with van der Waals surface area (Å²) in [5, 5.41) is 8.07. The van der Waals surface area contributed by atoms with Gasteiger partial charge in [-0.05, 0) is 43.0 Å². The van der Waals surface area contributed by atoms with Crippen LogP contribution in [0.3, 0.4) is 0 Å². The van der Waals surface area contributed by atoms with E-state index in [1.54, 1.807) is 6.26 Å². The number of aromatic amines is 1. The maximum Gasteiger partial charge on any atom is 0.191 e. The molecule has 0 aliphatic carbocycles. The summed E-state index contributed by atoms with van der Waals surface area (Å²) in [6, 6.07) is 14.5. The van der Waals surface area contributed by atoms with Gasteiger partial charge in [0.1, 0.15) is 5.76 Å². The number of ether oxygens (including phenoxy) is 1. The van der Waals surface area contributed by atoms with Crippen LogP contribution in [0.5, 0.6) is 0 Å². The zero-order chi connectivity index (χ0) is 19.4. The van der Waals surface area contributed by atoms with Crippen LogP contribution in [0.25, 0.3) is 10.9 Å². The zero-order valence-electron chi connectivity index (χ0n) is 16.9. The molecule has 29 heavy (non-hydrogen) atoms. The molecule has 0 aliphatic rings. The van der Waals surface area contributed by atoms with E-state index in [9.17, 15) is 0 Å². The van der Waals surface area contributed by atoms with E-state index in [0.717, 1.165) is 63.8 Å². The minimum atomic E-state index is 0. The van der Waals surface area contributed by atoms with Gasteiger partial charge in [-0.25, -0.2) is 0 Å². The Balaban J connectivity index is 0.00000300. The Morgan fingerprint density at radius 1 is 1.10 bits per heavy atom. The van der Waals surface area contributed by atoms with Crippen molar-refractivity contribution in [3.63, 3.8) is 0 Å². The molecule has 0 saturated heterocycles. The first-order valence-electron chi connectivity index (χ1n) is 10.0. The van der Waals surface area contributed by atoms with Crippen LogP contribution in [-0.4, -0.2) is 43.8 Å². The van der Waals surface area contributed by atoms with Crippen LogP contribution in [0.1, 0.15) is 24.8 Å². The van der Waals surface area contributed by atoms with Crippen molar-refractivity contribution in [3.05, 3.63) is 60.2 Å². The number of furan rings is 1. The van der Waals surface area contributed by atoms with E-state index in [0.29, 0.717) is 0 Å². The van der Waals surface area contributed by atoms with Crippen LogP contribution >= 0.6 is 24.0 Å². The summed E-state index contributed by atoms with van der Waals surface area (Å²) in [4.78, 5) is 8.13. The van der Waals surface area contributed by atoms with E-state index >= 15 is 0 Å².